The minimum Gasteiger partial charge on any atom is -0.463 e. The molecule has 0 bridgehead atoms. The van der Waals surface area contributed by atoms with Gasteiger partial charge < -0.3 is 14.3 Å². The Morgan fingerprint density at radius 1 is 0.879 bits per heavy atom. The van der Waals surface area contributed by atoms with Crippen LogP contribution in [0.2, 0.25) is 18.1 Å². The van der Waals surface area contributed by atoms with Gasteiger partial charge in [0.25, 0.3) is 0 Å². The van der Waals surface area contributed by atoms with Gasteiger partial charge in [0.15, 0.2) is 8.32 Å². The molecule has 0 aliphatic heterocycles. The maximum absolute atomic E-state index is 11.1. The molecule has 0 aliphatic carbocycles. The zero-order chi connectivity index (χ0) is 25.5. The molecule has 33 heavy (non-hydrogen) atoms. The number of aliphatic hydroxyl groups excluding tert-OH is 1. The first kappa shape index (κ1) is 31.0. The number of carbonyl (C=O) groups excluding carboxylic acids is 1. The molecule has 0 fully saturated rings. The second-order valence-electron chi connectivity index (χ2n) is 9.84. The van der Waals surface area contributed by atoms with E-state index in [4.69, 9.17) is 9.16 Å². The summed E-state index contributed by atoms with van der Waals surface area (Å²) in [5.74, 6) is -0.102. The van der Waals surface area contributed by atoms with Gasteiger partial charge in [-0.1, -0.05) is 101 Å². The molecule has 0 aromatic carbocycles. The van der Waals surface area contributed by atoms with Crippen molar-refractivity contribution >= 4 is 14.3 Å². The van der Waals surface area contributed by atoms with Crippen LogP contribution in [0.1, 0.15) is 48.5 Å². The van der Waals surface area contributed by atoms with E-state index in [9.17, 15) is 9.90 Å². The maximum Gasteiger partial charge on any atom is 0.330 e. The summed E-state index contributed by atoms with van der Waals surface area (Å²) < 4.78 is 11.5. The molecule has 5 heteroatoms. The second kappa shape index (κ2) is 15.8. The number of carbonyl (C=O) groups is 1. The third-order valence-corrected chi connectivity index (χ3v) is 10.4. The van der Waals surface area contributed by atoms with Crippen LogP contribution in [0.5, 0.6) is 0 Å². The predicted octanol–water partition coefficient (Wildman–Crippen LogP) is 6.93. The van der Waals surface area contributed by atoms with Gasteiger partial charge in [0.05, 0.1) is 18.8 Å². The molecule has 0 spiro atoms. The van der Waals surface area contributed by atoms with Crippen LogP contribution in [0.15, 0.2) is 72.9 Å². The molecular weight excluding hydrogens is 428 g/mol. The van der Waals surface area contributed by atoms with Gasteiger partial charge in [-0.05, 0) is 37.9 Å². The lowest BCUT2D eigenvalue weighted by molar-refractivity contribution is -0.137. The molecular formula is C28H46O4Si. The van der Waals surface area contributed by atoms with Crippen LogP contribution in [0.4, 0.5) is 0 Å². The van der Waals surface area contributed by atoms with Crippen LogP contribution in [-0.2, 0) is 14.0 Å². The highest BCUT2D eigenvalue weighted by molar-refractivity contribution is 6.74. The number of rotatable bonds is 13. The van der Waals surface area contributed by atoms with Crippen LogP contribution in [0, 0.1) is 11.8 Å². The Morgan fingerprint density at radius 3 is 1.76 bits per heavy atom. The van der Waals surface area contributed by atoms with E-state index >= 15 is 0 Å². The van der Waals surface area contributed by atoms with Crippen LogP contribution in [-0.4, -0.2) is 38.2 Å². The fraction of sp³-hybridized carbons (Fsp3) is 0.536. The van der Waals surface area contributed by atoms with Gasteiger partial charge in [-0.25, -0.2) is 4.79 Å². The van der Waals surface area contributed by atoms with Crippen LogP contribution in [0.25, 0.3) is 0 Å². The highest BCUT2D eigenvalue weighted by Crippen LogP contribution is 2.39. The van der Waals surface area contributed by atoms with Crippen molar-refractivity contribution in [1.82, 2.24) is 0 Å². The van der Waals surface area contributed by atoms with E-state index in [1.807, 2.05) is 55.5 Å². The third kappa shape index (κ3) is 13.4. The van der Waals surface area contributed by atoms with E-state index in [-0.39, 0.29) is 28.9 Å². The van der Waals surface area contributed by atoms with Crippen molar-refractivity contribution < 1.29 is 19.1 Å². The summed E-state index contributed by atoms with van der Waals surface area (Å²) in [6.07, 6.45) is 22.1. The average Bonchev–Trinajstić information content (AvgIpc) is 2.71. The van der Waals surface area contributed by atoms with Gasteiger partial charge in [-0.15, -0.1) is 0 Å². The van der Waals surface area contributed by atoms with E-state index in [1.54, 1.807) is 19.1 Å². The first-order valence-electron chi connectivity index (χ1n) is 11.9. The normalized spacial score (nSPS) is 17.8. The molecule has 0 radical (unpaired) electrons. The topological polar surface area (TPSA) is 55.8 Å². The van der Waals surface area contributed by atoms with Crippen molar-refractivity contribution in [3.8, 4) is 0 Å². The van der Waals surface area contributed by atoms with Crippen molar-refractivity contribution in [2.24, 2.45) is 11.8 Å². The zero-order valence-electron chi connectivity index (χ0n) is 22.1. The molecule has 0 saturated heterocycles. The molecule has 0 aromatic heterocycles. The Hall–Kier alpha value is -1.95. The Balaban J connectivity index is 4.84. The van der Waals surface area contributed by atoms with E-state index in [0.29, 0.717) is 6.61 Å². The van der Waals surface area contributed by atoms with E-state index in [0.717, 1.165) is 0 Å². The standard InChI is InChI=1S/C28H46O4Si/c1-10-31-26(30)22-20-18-16-14-12-11-13-15-17-19-21-23(2)27(24(3)25(4)29)32-33(8,9)28(5,6)7/h11-25,27,29H,10H2,1-9H3/b13-11+,14-12+,17-15+,18-16+,21-19+,22-20+/t23-,24-,25-,27+/m0/s1. The average molecular weight is 475 g/mol. The van der Waals surface area contributed by atoms with Gasteiger partial charge in [-0.2, -0.15) is 0 Å². The fourth-order valence-corrected chi connectivity index (χ4v) is 4.13. The minimum absolute atomic E-state index is 0.0290. The summed E-state index contributed by atoms with van der Waals surface area (Å²) in [6, 6.07) is 0. The fourth-order valence-electron chi connectivity index (χ4n) is 2.67. The quantitative estimate of drug-likeness (QED) is 0.136. The van der Waals surface area contributed by atoms with Gasteiger partial charge in [0.1, 0.15) is 0 Å². The highest BCUT2D eigenvalue weighted by Gasteiger charge is 2.41. The lowest BCUT2D eigenvalue weighted by Gasteiger charge is -2.43. The minimum atomic E-state index is -1.95. The number of hydrogen-bond donors (Lipinski definition) is 1. The summed E-state index contributed by atoms with van der Waals surface area (Å²) in [4.78, 5) is 11.1. The van der Waals surface area contributed by atoms with Crippen molar-refractivity contribution in [3.63, 3.8) is 0 Å². The summed E-state index contributed by atoms with van der Waals surface area (Å²) in [5.41, 5.74) is 0. The zero-order valence-corrected chi connectivity index (χ0v) is 23.1. The van der Waals surface area contributed by atoms with Gasteiger partial charge >= 0.3 is 5.97 Å². The molecule has 0 saturated carbocycles. The number of esters is 1. The first-order chi connectivity index (χ1) is 15.3. The third-order valence-electron chi connectivity index (χ3n) is 5.97. The molecule has 0 unspecified atom stereocenters. The van der Waals surface area contributed by atoms with Crippen molar-refractivity contribution in [3.05, 3.63) is 72.9 Å². The summed E-state index contributed by atoms with van der Waals surface area (Å²) >= 11 is 0. The maximum atomic E-state index is 11.1. The van der Waals surface area contributed by atoms with E-state index in [1.165, 1.54) is 6.08 Å². The number of hydrogen-bond acceptors (Lipinski definition) is 4. The number of aliphatic hydroxyl groups is 1. The molecule has 1 N–H and O–H groups in total. The van der Waals surface area contributed by atoms with E-state index < -0.39 is 14.4 Å². The Kier molecular flexibility index (Phi) is 14.9. The Morgan fingerprint density at radius 2 is 1.33 bits per heavy atom. The molecule has 0 amide bonds. The molecule has 186 valence electrons. The molecule has 0 rings (SSSR count). The largest absolute Gasteiger partial charge is 0.463 e. The molecule has 0 aromatic rings. The lowest BCUT2D eigenvalue weighted by Crippen LogP contribution is -2.48. The van der Waals surface area contributed by atoms with Gasteiger partial charge in [0.2, 0.25) is 0 Å². The summed E-state index contributed by atoms with van der Waals surface area (Å²) in [6.45, 7) is 19.5. The Bertz CT molecular complexity index is 733. The molecule has 0 aliphatic rings. The first-order valence-corrected chi connectivity index (χ1v) is 14.8. The van der Waals surface area contributed by atoms with Crippen LogP contribution in [0.3, 0.4) is 0 Å². The van der Waals surface area contributed by atoms with E-state index in [2.05, 4.69) is 53.8 Å². The summed E-state index contributed by atoms with van der Waals surface area (Å²) in [7, 11) is -1.95. The lowest BCUT2D eigenvalue weighted by atomic mass is 9.90. The molecule has 4 atom stereocenters. The smallest absolute Gasteiger partial charge is 0.330 e. The second-order valence-corrected chi connectivity index (χ2v) is 14.6. The van der Waals surface area contributed by atoms with Gasteiger partial charge in [0, 0.05) is 12.0 Å². The number of ether oxygens (including phenoxy) is 1. The molecule has 4 nitrogen and oxygen atoms in total. The Labute approximate surface area is 203 Å². The SMILES string of the molecule is CCOC(=O)/C=C/C=C/C=C/C=C/C=C/C=C/[C@H](C)[C@@H](O[Si](C)(C)C(C)(C)C)[C@@H](C)[C@H](C)O. The highest BCUT2D eigenvalue weighted by atomic mass is 28.4. The van der Waals surface area contributed by atoms with Crippen molar-refractivity contribution in [2.45, 2.75) is 78.8 Å². The van der Waals surface area contributed by atoms with Crippen molar-refractivity contribution in [1.29, 1.82) is 0 Å². The van der Waals surface area contributed by atoms with Crippen molar-refractivity contribution in [2.75, 3.05) is 6.61 Å². The number of allylic oxidation sites excluding steroid dienone is 10. The summed E-state index contributed by atoms with van der Waals surface area (Å²) in [5, 5.41) is 10.3. The van der Waals surface area contributed by atoms with Crippen LogP contribution >= 0.6 is 0 Å². The van der Waals surface area contributed by atoms with Gasteiger partial charge in [-0.3, -0.25) is 0 Å². The monoisotopic (exact) mass is 474 g/mol. The predicted molar refractivity (Wildman–Crippen MR) is 144 cm³/mol. The molecule has 0 heterocycles. The van der Waals surface area contributed by atoms with Crippen LogP contribution < -0.4 is 0 Å².